The number of hydrogen-bond donors (Lipinski definition) is 0. The first-order valence-electron chi connectivity index (χ1n) is 5.05. The van der Waals surface area contributed by atoms with E-state index in [0.717, 1.165) is 13.0 Å². The molecule has 0 unspecified atom stereocenters. The van der Waals surface area contributed by atoms with Gasteiger partial charge in [-0.3, -0.25) is 0 Å². The second-order valence-electron chi connectivity index (χ2n) is 3.33. The number of nitrogens with zero attached hydrogens (tertiary/aromatic N) is 1. The van der Waals surface area contributed by atoms with E-state index in [0.29, 0.717) is 28.9 Å². The highest BCUT2D eigenvalue weighted by molar-refractivity contribution is 14.1. The monoisotopic (exact) mass is 383 g/mol. The lowest BCUT2D eigenvalue weighted by atomic mass is 10.3. The second kappa shape index (κ2) is 8.04. The quantitative estimate of drug-likeness (QED) is 0.318. The number of ether oxygens (including phenoxy) is 1. The molecule has 0 heterocycles. The van der Waals surface area contributed by atoms with E-state index in [4.69, 9.17) is 34.4 Å². The van der Waals surface area contributed by atoms with E-state index in [1.165, 1.54) is 0 Å². The van der Waals surface area contributed by atoms with Crippen molar-refractivity contribution in [3.63, 3.8) is 0 Å². The van der Waals surface area contributed by atoms with Crippen LogP contribution in [0.4, 0.5) is 0 Å². The van der Waals surface area contributed by atoms with Gasteiger partial charge in [0.1, 0.15) is 5.75 Å². The van der Waals surface area contributed by atoms with Gasteiger partial charge in [0, 0.05) is 34.4 Å². The summed E-state index contributed by atoms with van der Waals surface area (Å²) in [6.07, 6.45) is 6.09. The number of rotatable bonds is 6. The molecule has 0 aliphatic carbocycles. The number of terminal acetylenes is 1. The molecule has 0 aliphatic rings. The summed E-state index contributed by atoms with van der Waals surface area (Å²) in [5, 5.41) is 1.14. The lowest BCUT2D eigenvalue weighted by Crippen LogP contribution is -2.15. The molecule has 0 fully saturated rings. The van der Waals surface area contributed by atoms with Crippen LogP contribution in [0.2, 0.25) is 10.0 Å². The molecule has 92 valence electrons. The number of hydrogen-bond acceptors (Lipinski definition) is 2. The van der Waals surface area contributed by atoms with E-state index in [-0.39, 0.29) is 0 Å². The summed E-state index contributed by atoms with van der Waals surface area (Å²) in [6.45, 7) is 2.13. The molecule has 1 aromatic carbocycles. The lowest BCUT2D eigenvalue weighted by Gasteiger charge is -2.12. The van der Waals surface area contributed by atoms with Gasteiger partial charge in [-0.05, 0) is 24.6 Å². The Kier molecular flexibility index (Phi) is 7.05. The first kappa shape index (κ1) is 14.9. The van der Waals surface area contributed by atoms with Gasteiger partial charge in [-0.15, -0.1) is 6.42 Å². The van der Waals surface area contributed by atoms with Crippen molar-refractivity contribution in [2.24, 2.45) is 0 Å². The van der Waals surface area contributed by atoms with E-state index in [1.54, 1.807) is 18.2 Å². The highest BCUT2D eigenvalue weighted by atomic mass is 127. The zero-order valence-corrected chi connectivity index (χ0v) is 12.8. The Labute approximate surface area is 126 Å². The summed E-state index contributed by atoms with van der Waals surface area (Å²) in [5.41, 5.74) is 0. The molecule has 2 nitrogen and oxygen atoms in total. The third-order valence-corrected chi connectivity index (χ3v) is 3.31. The van der Waals surface area contributed by atoms with Crippen LogP contribution in [0.1, 0.15) is 6.42 Å². The smallest absolute Gasteiger partial charge is 0.137 e. The maximum atomic E-state index is 5.97. The van der Waals surface area contributed by atoms with Gasteiger partial charge < -0.3 is 4.74 Å². The summed E-state index contributed by atoms with van der Waals surface area (Å²) in [4.78, 5) is 0. The van der Waals surface area contributed by atoms with Gasteiger partial charge in [0.15, 0.2) is 0 Å². The highest BCUT2D eigenvalue weighted by Gasteiger charge is 2.03. The van der Waals surface area contributed by atoms with Crippen LogP contribution >= 0.6 is 46.1 Å². The Balaban J connectivity index is 2.29. The molecule has 1 rings (SSSR count). The average molecular weight is 384 g/mol. The summed E-state index contributed by atoms with van der Waals surface area (Å²) in [6, 6.07) is 5.20. The molecule has 0 amide bonds. The van der Waals surface area contributed by atoms with Crippen molar-refractivity contribution in [3.05, 3.63) is 28.2 Å². The van der Waals surface area contributed by atoms with Gasteiger partial charge in [0.25, 0.3) is 0 Å². The molecule has 1 aromatic rings. The summed E-state index contributed by atoms with van der Waals surface area (Å²) >= 11 is 14.0. The number of benzene rings is 1. The summed E-state index contributed by atoms with van der Waals surface area (Å²) in [5.74, 6) is 3.24. The zero-order chi connectivity index (χ0) is 12.7. The lowest BCUT2D eigenvalue weighted by molar-refractivity contribution is 0.301. The van der Waals surface area contributed by atoms with E-state index in [9.17, 15) is 0 Å². The summed E-state index contributed by atoms with van der Waals surface area (Å²) < 4.78 is 7.58. The minimum atomic E-state index is 0.535. The van der Waals surface area contributed by atoms with Crippen LogP contribution < -0.4 is 4.74 Å². The highest BCUT2D eigenvalue weighted by Crippen LogP contribution is 2.27. The molecule has 0 radical (unpaired) electrons. The molecule has 0 saturated heterocycles. The minimum Gasteiger partial charge on any atom is -0.492 e. The third-order valence-electron chi connectivity index (χ3n) is 1.96. The van der Waals surface area contributed by atoms with Crippen LogP contribution in [0, 0.1) is 12.3 Å². The molecule has 5 heteroatoms. The first-order chi connectivity index (χ1) is 8.13. The van der Waals surface area contributed by atoms with Crippen LogP contribution in [0.5, 0.6) is 5.75 Å². The van der Waals surface area contributed by atoms with Crippen molar-refractivity contribution in [2.45, 2.75) is 6.42 Å². The van der Waals surface area contributed by atoms with Crippen molar-refractivity contribution in [1.82, 2.24) is 3.11 Å². The fourth-order valence-electron chi connectivity index (χ4n) is 1.19. The van der Waals surface area contributed by atoms with Crippen LogP contribution in [-0.4, -0.2) is 22.8 Å². The van der Waals surface area contributed by atoms with Crippen molar-refractivity contribution in [3.8, 4) is 18.1 Å². The van der Waals surface area contributed by atoms with Crippen molar-refractivity contribution in [2.75, 3.05) is 19.7 Å². The SMILES string of the molecule is C#CCN(I)CCCOc1ccc(Cl)cc1Cl. The van der Waals surface area contributed by atoms with E-state index >= 15 is 0 Å². The molecule has 0 spiro atoms. The maximum Gasteiger partial charge on any atom is 0.137 e. The van der Waals surface area contributed by atoms with E-state index < -0.39 is 0 Å². The Morgan fingerprint density at radius 2 is 2.18 bits per heavy atom. The predicted octanol–water partition coefficient (Wildman–Crippen LogP) is 4.05. The Bertz CT molecular complexity index is 406. The second-order valence-corrected chi connectivity index (χ2v) is 5.53. The van der Waals surface area contributed by atoms with Gasteiger partial charge in [0.2, 0.25) is 0 Å². The Hall–Kier alpha value is -0.150. The fourth-order valence-corrected chi connectivity index (χ4v) is 2.19. The predicted molar refractivity (Wildman–Crippen MR) is 81.0 cm³/mol. The number of halogens is 3. The van der Waals surface area contributed by atoms with Gasteiger partial charge in [0.05, 0.1) is 18.2 Å². The molecular weight excluding hydrogens is 372 g/mol. The molecule has 0 aromatic heterocycles. The van der Waals surface area contributed by atoms with Crippen molar-refractivity contribution >= 4 is 46.1 Å². The third kappa shape index (κ3) is 5.82. The maximum absolute atomic E-state index is 5.97. The largest absolute Gasteiger partial charge is 0.492 e. The Morgan fingerprint density at radius 3 is 2.82 bits per heavy atom. The molecule has 0 atom stereocenters. The Morgan fingerprint density at radius 1 is 1.41 bits per heavy atom. The summed E-state index contributed by atoms with van der Waals surface area (Å²) in [7, 11) is 0. The molecule has 0 saturated carbocycles. The molecule has 0 N–H and O–H groups in total. The van der Waals surface area contributed by atoms with Crippen LogP contribution in [0.3, 0.4) is 0 Å². The molecule has 0 bridgehead atoms. The fraction of sp³-hybridized carbons (Fsp3) is 0.333. The van der Waals surface area contributed by atoms with E-state index in [2.05, 4.69) is 28.8 Å². The zero-order valence-electron chi connectivity index (χ0n) is 9.13. The first-order valence-corrected chi connectivity index (χ1v) is 6.77. The van der Waals surface area contributed by atoms with Gasteiger partial charge in [-0.2, -0.15) is 0 Å². The van der Waals surface area contributed by atoms with Crippen molar-refractivity contribution < 1.29 is 4.74 Å². The van der Waals surface area contributed by atoms with Gasteiger partial charge in [-0.25, -0.2) is 3.11 Å². The standard InChI is InChI=1S/C12H12Cl2INO/c1-2-6-16(15)7-3-8-17-12-5-4-10(13)9-11(12)14/h1,4-5,9H,3,6-8H2. The topological polar surface area (TPSA) is 12.5 Å². The van der Waals surface area contributed by atoms with Gasteiger partial charge >= 0.3 is 0 Å². The molecule has 0 aliphatic heterocycles. The van der Waals surface area contributed by atoms with Crippen LogP contribution in [-0.2, 0) is 0 Å². The normalized spacial score (nSPS) is 10.3. The van der Waals surface area contributed by atoms with Crippen LogP contribution in [0.25, 0.3) is 0 Å². The van der Waals surface area contributed by atoms with Crippen molar-refractivity contribution in [1.29, 1.82) is 0 Å². The van der Waals surface area contributed by atoms with Crippen LogP contribution in [0.15, 0.2) is 18.2 Å². The van der Waals surface area contributed by atoms with Gasteiger partial charge in [-0.1, -0.05) is 29.1 Å². The molecule has 17 heavy (non-hydrogen) atoms. The minimum absolute atomic E-state index is 0.535. The average Bonchev–Trinajstić information content (AvgIpc) is 2.27. The molecular formula is C12H12Cl2INO. The van der Waals surface area contributed by atoms with E-state index in [1.807, 2.05) is 3.11 Å².